The van der Waals surface area contributed by atoms with Crippen LogP contribution in [-0.2, 0) is 14.3 Å². The Morgan fingerprint density at radius 3 is 2.31 bits per heavy atom. The first-order chi connectivity index (χ1) is 12.1. The van der Waals surface area contributed by atoms with Gasteiger partial charge in [0, 0.05) is 45.2 Å². The van der Waals surface area contributed by atoms with Crippen LogP contribution in [0.5, 0.6) is 0 Å². The van der Waals surface area contributed by atoms with E-state index in [9.17, 15) is 14.4 Å². The number of carbonyl (C=O) groups is 3. The SMILES string of the molecule is CC/C(C)=C/C(=O)N1CCCN(C(=O)CCNC(=O)OC(C)(C)C)CC1. The Kier molecular flexibility index (Phi) is 8.61. The molecule has 1 fully saturated rings. The van der Waals surface area contributed by atoms with Crippen LogP contribution >= 0.6 is 0 Å². The second-order valence-electron chi connectivity index (χ2n) is 7.58. The van der Waals surface area contributed by atoms with Crippen molar-refractivity contribution in [2.45, 2.75) is 59.5 Å². The van der Waals surface area contributed by atoms with E-state index in [1.54, 1.807) is 36.6 Å². The average Bonchev–Trinajstić information content (AvgIpc) is 2.79. The van der Waals surface area contributed by atoms with Crippen LogP contribution in [0.15, 0.2) is 11.6 Å². The van der Waals surface area contributed by atoms with Crippen molar-refractivity contribution in [3.8, 4) is 0 Å². The molecule has 7 nitrogen and oxygen atoms in total. The Balaban J connectivity index is 2.40. The summed E-state index contributed by atoms with van der Waals surface area (Å²) in [6, 6.07) is 0. The van der Waals surface area contributed by atoms with E-state index in [4.69, 9.17) is 4.74 Å². The number of ether oxygens (including phenoxy) is 1. The highest BCUT2D eigenvalue weighted by atomic mass is 16.6. The van der Waals surface area contributed by atoms with E-state index in [2.05, 4.69) is 5.32 Å². The van der Waals surface area contributed by atoms with Gasteiger partial charge in [0.05, 0.1) is 0 Å². The van der Waals surface area contributed by atoms with Gasteiger partial charge in [-0.1, -0.05) is 12.5 Å². The highest BCUT2D eigenvalue weighted by Gasteiger charge is 2.21. The molecule has 26 heavy (non-hydrogen) atoms. The van der Waals surface area contributed by atoms with Gasteiger partial charge >= 0.3 is 6.09 Å². The second-order valence-corrected chi connectivity index (χ2v) is 7.58. The lowest BCUT2D eigenvalue weighted by Crippen LogP contribution is -2.39. The molecule has 1 saturated heterocycles. The van der Waals surface area contributed by atoms with E-state index in [0.717, 1.165) is 18.4 Å². The zero-order valence-electron chi connectivity index (χ0n) is 16.8. The molecule has 0 saturated carbocycles. The van der Waals surface area contributed by atoms with E-state index >= 15 is 0 Å². The highest BCUT2D eigenvalue weighted by Crippen LogP contribution is 2.08. The molecule has 0 spiro atoms. The molecule has 1 aliphatic rings. The van der Waals surface area contributed by atoms with Crippen molar-refractivity contribution in [3.63, 3.8) is 0 Å². The van der Waals surface area contributed by atoms with Gasteiger partial charge in [-0.05, 0) is 40.5 Å². The van der Waals surface area contributed by atoms with Crippen molar-refractivity contribution in [2.75, 3.05) is 32.7 Å². The van der Waals surface area contributed by atoms with E-state index in [1.807, 2.05) is 13.8 Å². The second kappa shape index (κ2) is 10.2. The van der Waals surface area contributed by atoms with Crippen LogP contribution in [0.25, 0.3) is 0 Å². The summed E-state index contributed by atoms with van der Waals surface area (Å²) in [6.45, 7) is 11.9. The van der Waals surface area contributed by atoms with E-state index in [1.165, 1.54) is 0 Å². The maximum Gasteiger partial charge on any atom is 0.407 e. The fourth-order valence-corrected chi connectivity index (χ4v) is 2.54. The standard InChI is InChI=1S/C19H33N3O4/c1-6-15(2)14-17(24)22-11-7-10-21(12-13-22)16(23)8-9-20-18(25)26-19(3,4)5/h14H,6-13H2,1-5H3,(H,20,25)/b15-14+. The van der Waals surface area contributed by atoms with Crippen LogP contribution in [-0.4, -0.2) is 66.0 Å². The number of amides is 3. The zero-order valence-corrected chi connectivity index (χ0v) is 16.8. The van der Waals surface area contributed by atoms with E-state index in [0.29, 0.717) is 26.2 Å². The maximum atomic E-state index is 12.3. The summed E-state index contributed by atoms with van der Waals surface area (Å²) < 4.78 is 5.14. The molecule has 3 amide bonds. The quantitative estimate of drug-likeness (QED) is 0.757. The molecule has 148 valence electrons. The Labute approximate surface area is 156 Å². The first-order valence-corrected chi connectivity index (χ1v) is 9.33. The van der Waals surface area contributed by atoms with Crippen LogP contribution in [0, 0.1) is 0 Å². The monoisotopic (exact) mass is 367 g/mol. The summed E-state index contributed by atoms with van der Waals surface area (Å²) in [5.74, 6) is 0.000815. The summed E-state index contributed by atoms with van der Waals surface area (Å²) in [6.07, 6.45) is 3.01. The van der Waals surface area contributed by atoms with Gasteiger partial charge in [-0.15, -0.1) is 0 Å². The zero-order chi connectivity index (χ0) is 19.7. The van der Waals surface area contributed by atoms with Gasteiger partial charge < -0.3 is 19.9 Å². The number of nitrogens with one attached hydrogen (secondary N) is 1. The molecule has 0 atom stereocenters. The summed E-state index contributed by atoms with van der Waals surface area (Å²) in [7, 11) is 0. The number of hydrogen-bond acceptors (Lipinski definition) is 4. The number of nitrogens with zero attached hydrogens (tertiary/aromatic N) is 2. The Hall–Kier alpha value is -2.05. The number of carbonyl (C=O) groups excluding carboxylic acids is 3. The van der Waals surface area contributed by atoms with Crippen molar-refractivity contribution in [1.29, 1.82) is 0 Å². The molecular formula is C19H33N3O4. The minimum atomic E-state index is -0.556. The van der Waals surface area contributed by atoms with Crippen LogP contribution in [0.3, 0.4) is 0 Å². The van der Waals surface area contributed by atoms with Crippen molar-refractivity contribution < 1.29 is 19.1 Å². The molecule has 1 heterocycles. The smallest absolute Gasteiger partial charge is 0.407 e. The molecule has 0 aromatic rings. The third-order valence-electron chi connectivity index (χ3n) is 4.09. The van der Waals surface area contributed by atoms with Crippen molar-refractivity contribution >= 4 is 17.9 Å². The molecule has 0 bridgehead atoms. The van der Waals surface area contributed by atoms with Crippen LogP contribution in [0.1, 0.15) is 53.9 Å². The molecule has 0 radical (unpaired) electrons. The summed E-state index contributed by atoms with van der Waals surface area (Å²) >= 11 is 0. The lowest BCUT2D eigenvalue weighted by Gasteiger charge is -2.22. The number of rotatable bonds is 5. The van der Waals surface area contributed by atoms with Crippen molar-refractivity contribution in [3.05, 3.63) is 11.6 Å². The molecule has 0 aromatic heterocycles. The van der Waals surface area contributed by atoms with Gasteiger partial charge in [0.2, 0.25) is 11.8 Å². The fraction of sp³-hybridized carbons (Fsp3) is 0.737. The normalized spacial score (nSPS) is 16.1. The predicted molar refractivity (Wildman–Crippen MR) is 101 cm³/mol. The van der Waals surface area contributed by atoms with Gasteiger partial charge in [-0.3, -0.25) is 9.59 Å². The summed E-state index contributed by atoms with van der Waals surface area (Å²) in [5, 5.41) is 2.60. The minimum absolute atomic E-state index is 0.0179. The molecule has 1 N–H and O–H groups in total. The minimum Gasteiger partial charge on any atom is -0.444 e. The molecule has 0 unspecified atom stereocenters. The topological polar surface area (TPSA) is 79.0 Å². The lowest BCUT2D eigenvalue weighted by molar-refractivity contribution is -0.131. The number of alkyl carbamates (subject to hydrolysis) is 1. The lowest BCUT2D eigenvalue weighted by atomic mass is 10.2. The van der Waals surface area contributed by atoms with Crippen molar-refractivity contribution in [2.24, 2.45) is 0 Å². The third-order valence-corrected chi connectivity index (χ3v) is 4.09. The predicted octanol–water partition coefficient (Wildman–Crippen LogP) is 2.32. The van der Waals surface area contributed by atoms with Gasteiger partial charge in [0.25, 0.3) is 0 Å². The van der Waals surface area contributed by atoms with Gasteiger partial charge in [0.1, 0.15) is 5.60 Å². The van der Waals surface area contributed by atoms with E-state index < -0.39 is 11.7 Å². The molecule has 1 aliphatic heterocycles. The first-order valence-electron chi connectivity index (χ1n) is 9.33. The molecule has 1 rings (SSSR count). The summed E-state index contributed by atoms with van der Waals surface area (Å²) in [4.78, 5) is 39.7. The maximum absolute atomic E-state index is 12.3. The van der Waals surface area contributed by atoms with Crippen LogP contribution in [0.4, 0.5) is 4.79 Å². The van der Waals surface area contributed by atoms with E-state index in [-0.39, 0.29) is 24.8 Å². The average molecular weight is 367 g/mol. The largest absolute Gasteiger partial charge is 0.444 e. The first kappa shape index (κ1) is 22.0. The highest BCUT2D eigenvalue weighted by molar-refractivity contribution is 5.88. The molecule has 0 aromatic carbocycles. The van der Waals surface area contributed by atoms with Gasteiger partial charge in [-0.25, -0.2) is 4.79 Å². The number of allylic oxidation sites excluding steroid dienone is 1. The Morgan fingerprint density at radius 1 is 1.08 bits per heavy atom. The van der Waals surface area contributed by atoms with Crippen LogP contribution < -0.4 is 5.32 Å². The molecule has 0 aliphatic carbocycles. The number of hydrogen-bond donors (Lipinski definition) is 1. The Morgan fingerprint density at radius 2 is 1.69 bits per heavy atom. The fourth-order valence-electron chi connectivity index (χ4n) is 2.54. The summed E-state index contributed by atoms with van der Waals surface area (Å²) in [5.41, 5.74) is 0.500. The van der Waals surface area contributed by atoms with Crippen molar-refractivity contribution in [1.82, 2.24) is 15.1 Å². The van der Waals surface area contributed by atoms with Crippen LogP contribution in [0.2, 0.25) is 0 Å². The van der Waals surface area contributed by atoms with Gasteiger partial charge in [-0.2, -0.15) is 0 Å². The third kappa shape index (κ3) is 8.36. The van der Waals surface area contributed by atoms with Gasteiger partial charge in [0.15, 0.2) is 0 Å². The Bertz CT molecular complexity index is 537. The molecule has 7 heteroatoms. The molecular weight excluding hydrogens is 334 g/mol.